The minimum atomic E-state index is -1.26. The predicted octanol–water partition coefficient (Wildman–Crippen LogP) is 4.47. The minimum Gasteiger partial charge on any atom is -0.478 e. The summed E-state index contributed by atoms with van der Waals surface area (Å²) in [5.41, 5.74) is 2.34. The summed E-state index contributed by atoms with van der Waals surface area (Å²) in [4.78, 5) is 60.9. The number of rotatable bonds is 10. The zero-order valence-corrected chi connectivity index (χ0v) is 25.6. The van der Waals surface area contributed by atoms with Gasteiger partial charge in [0.05, 0.1) is 0 Å². The van der Waals surface area contributed by atoms with Crippen molar-refractivity contribution in [3.05, 3.63) is 95.8 Å². The maximum Gasteiger partial charge on any atom is 0.328 e. The van der Waals surface area contributed by atoms with Crippen LogP contribution in [0.1, 0.15) is 40.5 Å². The Balaban J connectivity index is 0.000000555. The lowest BCUT2D eigenvalue weighted by Crippen LogP contribution is -2.42. The number of ether oxygens (including phenoxy) is 2. The molecule has 2 amide bonds. The van der Waals surface area contributed by atoms with Crippen LogP contribution in [-0.4, -0.2) is 77.6 Å². The predicted molar refractivity (Wildman–Crippen MR) is 169 cm³/mol. The molecule has 0 aromatic heterocycles. The third-order valence-electron chi connectivity index (χ3n) is 7.46. The Labute approximate surface area is 270 Å². The summed E-state index contributed by atoms with van der Waals surface area (Å²) < 4.78 is 24.2. The summed E-state index contributed by atoms with van der Waals surface area (Å²) in [6, 6.07) is 18.0. The van der Waals surface area contributed by atoms with Crippen molar-refractivity contribution in [1.29, 1.82) is 0 Å². The topological polar surface area (TPSA) is 163 Å². The first-order valence-electron chi connectivity index (χ1n) is 14.8. The van der Waals surface area contributed by atoms with Crippen LogP contribution in [0.2, 0.25) is 0 Å². The molecule has 0 radical (unpaired) electrons. The Kier molecular flexibility index (Phi) is 11.8. The fraction of sp³-hybridized carbons (Fsp3) is 0.265. The van der Waals surface area contributed by atoms with Crippen molar-refractivity contribution in [3.63, 3.8) is 0 Å². The Bertz CT molecular complexity index is 1620. The molecule has 13 heteroatoms. The van der Waals surface area contributed by atoms with Gasteiger partial charge < -0.3 is 34.8 Å². The summed E-state index contributed by atoms with van der Waals surface area (Å²) in [7, 11) is 0. The summed E-state index contributed by atoms with van der Waals surface area (Å²) in [5, 5.41) is 18.3. The first-order chi connectivity index (χ1) is 22.5. The van der Waals surface area contributed by atoms with Gasteiger partial charge in [-0.2, -0.15) is 0 Å². The molecule has 5 rings (SSSR count). The van der Waals surface area contributed by atoms with Gasteiger partial charge in [0.2, 0.25) is 12.7 Å². The highest BCUT2D eigenvalue weighted by molar-refractivity contribution is 6.06. The molecule has 2 aliphatic rings. The molecule has 47 heavy (non-hydrogen) atoms. The second-order valence-electron chi connectivity index (χ2n) is 10.7. The number of hydrogen-bond acceptors (Lipinski definition) is 8. The van der Waals surface area contributed by atoms with Crippen LogP contribution < -0.4 is 19.7 Å². The van der Waals surface area contributed by atoms with E-state index in [-0.39, 0.29) is 36.1 Å². The number of hydrogen-bond donors (Lipinski definition) is 3. The van der Waals surface area contributed by atoms with E-state index in [0.29, 0.717) is 72.1 Å². The summed E-state index contributed by atoms with van der Waals surface area (Å²) in [6.45, 7) is 4.09. The summed E-state index contributed by atoms with van der Waals surface area (Å²) in [6.07, 6.45) is 2.53. The second kappa shape index (κ2) is 16.1. The van der Waals surface area contributed by atoms with Gasteiger partial charge in [-0.25, -0.2) is 14.0 Å². The molecule has 2 heterocycles. The molecule has 3 aromatic rings. The maximum atomic E-state index is 13.7. The minimum absolute atomic E-state index is 0.0505. The number of aliphatic carboxylic acids is 2. The Morgan fingerprint density at radius 2 is 1.47 bits per heavy atom. The van der Waals surface area contributed by atoms with Gasteiger partial charge in [0, 0.05) is 66.7 Å². The van der Waals surface area contributed by atoms with Crippen LogP contribution in [0.15, 0.2) is 78.9 Å². The Morgan fingerprint density at radius 3 is 2.06 bits per heavy atom. The van der Waals surface area contributed by atoms with E-state index in [9.17, 15) is 28.4 Å². The highest BCUT2D eigenvalue weighted by atomic mass is 19.1. The van der Waals surface area contributed by atoms with Gasteiger partial charge >= 0.3 is 11.9 Å². The number of piperidine rings is 1. The van der Waals surface area contributed by atoms with Crippen molar-refractivity contribution >= 4 is 40.9 Å². The quantitative estimate of drug-likeness (QED) is 0.211. The number of Topliss-reactive ketones (excluding diaryl/α,β-unsaturated/α-hetero) is 1. The number of benzene rings is 3. The Morgan fingerprint density at radius 1 is 0.872 bits per heavy atom. The van der Waals surface area contributed by atoms with Crippen molar-refractivity contribution in [3.8, 4) is 11.5 Å². The summed E-state index contributed by atoms with van der Waals surface area (Å²) >= 11 is 0. The number of nitrogens with zero attached hydrogens (tertiary/aromatic N) is 2. The molecule has 246 valence electrons. The SMILES string of the molecule is CC(=O)Nc1ccc(C(=O)N(CCN2CCC(C(=O)c3ccc(F)cc3)CC2)c2ccc3c(c2)OCO3)cc1.O=C(O)C=CC(=O)O. The first-order valence-corrected chi connectivity index (χ1v) is 14.8. The fourth-order valence-corrected chi connectivity index (χ4v) is 5.11. The third kappa shape index (κ3) is 9.96. The molecule has 3 N–H and O–H groups in total. The average Bonchev–Trinajstić information content (AvgIpc) is 3.53. The lowest BCUT2D eigenvalue weighted by Gasteiger charge is -2.33. The lowest BCUT2D eigenvalue weighted by atomic mass is 9.89. The molecular weight excluding hydrogens is 613 g/mol. The van der Waals surface area contributed by atoms with E-state index in [4.69, 9.17) is 19.7 Å². The monoisotopic (exact) mass is 647 g/mol. The van der Waals surface area contributed by atoms with Crippen molar-refractivity contribution in [2.45, 2.75) is 19.8 Å². The van der Waals surface area contributed by atoms with Crippen LogP contribution in [0, 0.1) is 11.7 Å². The van der Waals surface area contributed by atoms with Gasteiger partial charge in [0.1, 0.15) is 5.82 Å². The molecule has 0 spiro atoms. The number of carbonyl (C=O) groups excluding carboxylic acids is 3. The number of nitrogens with one attached hydrogen (secondary N) is 1. The van der Waals surface area contributed by atoms with E-state index in [1.165, 1.54) is 19.1 Å². The maximum absolute atomic E-state index is 13.7. The van der Waals surface area contributed by atoms with E-state index in [0.717, 1.165) is 13.1 Å². The molecule has 0 atom stereocenters. The third-order valence-corrected chi connectivity index (χ3v) is 7.46. The van der Waals surface area contributed by atoms with Crippen LogP contribution in [0.4, 0.5) is 15.8 Å². The zero-order valence-electron chi connectivity index (χ0n) is 25.6. The number of anilines is 2. The van der Waals surface area contributed by atoms with Crippen molar-refractivity contribution in [2.24, 2.45) is 5.92 Å². The second-order valence-corrected chi connectivity index (χ2v) is 10.7. The van der Waals surface area contributed by atoms with Crippen molar-refractivity contribution in [1.82, 2.24) is 4.90 Å². The Hall–Kier alpha value is -5.56. The van der Waals surface area contributed by atoms with Crippen LogP contribution in [0.25, 0.3) is 0 Å². The first kappa shape index (κ1) is 34.3. The molecule has 12 nitrogen and oxygen atoms in total. The van der Waals surface area contributed by atoms with Crippen LogP contribution >= 0.6 is 0 Å². The molecule has 2 aliphatic heterocycles. The zero-order chi connectivity index (χ0) is 33.9. The number of carbonyl (C=O) groups is 5. The van der Waals surface area contributed by atoms with E-state index >= 15 is 0 Å². The van der Waals surface area contributed by atoms with Gasteiger partial charge in [0.15, 0.2) is 17.3 Å². The summed E-state index contributed by atoms with van der Waals surface area (Å²) in [5.74, 6) is -2.05. The number of halogens is 1. The van der Waals surface area contributed by atoms with Gasteiger partial charge in [-0.05, 0) is 86.6 Å². The molecule has 0 saturated carbocycles. The number of amides is 2. The van der Waals surface area contributed by atoms with Crippen LogP contribution in [-0.2, 0) is 14.4 Å². The van der Waals surface area contributed by atoms with Crippen molar-refractivity contribution in [2.75, 3.05) is 43.2 Å². The standard InChI is InChI=1S/C30H30FN3O5.C4H4O4/c1-20(35)32-25-8-4-23(5-9-25)30(37)34(26-10-11-27-28(18-26)39-19-38-27)17-16-33-14-12-22(13-15-33)29(36)21-2-6-24(31)7-3-21;5-3(6)1-2-4(7)8/h2-11,18,22H,12-17,19H2,1H3,(H,32,35);1-2H,(H,5,6)(H,7,8). The fourth-order valence-electron chi connectivity index (χ4n) is 5.11. The largest absolute Gasteiger partial charge is 0.478 e. The van der Waals surface area contributed by atoms with E-state index in [1.54, 1.807) is 53.4 Å². The van der Waals surface area contributed by atoms with Gasteiger partial charge in [-0.15, -0.1) is 0 Å². The molecular formula is C34H34FN3O9. The van der Waals surface area contributed by atoms with E-state index < -0.39 is 11.9 Å². The van der Waals surface area contributed by atoms with Gasteiger partial charge in [-0.1, -0.05) is 0 Å². The van der Waals surface area contributed by atoms with Gasteiger partial charge in [0.25, 0.3) is 5.91 Å². The number of ketones is 1. The molecule has 0 aliphatic carbocycles. The number of carboxylic acid groups (broad SMARTS) is 2. The van der Waals surface area contributed by atoms with Gasteiger partial charge in [-0.3, -0.25) is 14.4 Å². The van der Waals surface area contributed by atoms with E-state index in [2.05, 4.69) is 10.2 Å². The molecule has 1 fully saturated rings. The highest BCUT2D eigenvalue weighted by Gasteiger charge is 2.27. The van der Waals surface area contributed by atoms with Crippen molar-refractivity contribution < 1.29 is 48.0 Å². The molecule has 1 saturated heterocycles. The molecule has 0 unspecified atom stereocenters. The number of carboxylic acids is 2. The van der Waals surface area contributed by atoms with Crippen LogP contribution in [0.3, 0.4) is 0 Å². The smallest absolute Gasteiger partial charge is 0.328 e. The van der Waals surface area contributed by atoms with Crippen LogP contribution in [0.5, 0.6) is 11.5 Å². The molecule has 3 aromatic carbocycles. The lowest BCUT2D eigenvalue weighted by molar-refractivity contribution is -0.134. The number of fused-ring (bicyclic) bond motifs is 1. The average molecular weight is 648 g/mol. The number of likely N-dealkylation sites (tertiary alicyclic amines) is 1. The van der Waals surface area contributed by atoms with E-state index in [1.807, 2.05) is 6.07 Å². The normalized spacial score (nSPS) is 14.2. The molecule has 0 bridgehead atoms. The highest BCUT2D eigenvalue weighted by Crippen LogP contribution is 2.36.